The third kappa shape index (κ3) is 19.7. The number of likely N-dealkylation sites (tertiary alicyclic amines) is 3. The second-order valence-electron chi connectivity index (χ2n) is 34.2. The van der Waals surface area contributed by atoms with Gasteiger partial charge in [0.25, 0.3) is 0 Å². The number of H-pyrrole nitrogens is 1. The van der Waals surface area contributed by atoms with Crippen molar-refractivity contribution in [2.24, 2.45) is 0 Å². The van der Waals surface area contributed by atoms with Crippen molar-refractivity contribution >= 4 is 123 Å². The molecule has 1 N–H and O–H groups in total. The fraction of sp³-hybridized carbons (Fsp3) is 0.468. The van der Waals surface area contributed by atoms with E-state index < -0.39 is 0 Å². The molecule has 658 valence electrons. The van der Waals surface area contributed by atoms with Gasteiger partial charge in [-0.1, -0.05) is 104 Å². The number of ether oxygens (including phenoxy) is 3. The maximum absolute atomic E-state index is 12.6. The fourth-order valence-electron chi connectivity index (χ4n) is 19.5. The molecule has 2 unspecified atom stereocenters. The van der Waals surface area contributed by atoms with Crippen molar-refractivity contribution in [2.45, 2.75) is 134 Å². The molecule has 4 aromatic heterocycles. The molecule has 0 bridgehead atoms. The van der Waals surface area contributed by atoms with Crippen LogP contribution >= 0.6 is 38.6 Å². The number of fused-ring (bicyclic) bond motifs is 6. The van der Waals surface area contributed by atoms with Crippen LogP contribution in [0.4, 0.5) is 34.5 Å². The number of carbonyl (C=O) groups excluding carboxylic acids is 3. The number of benzene rings is 5. The summed E-state index contributed by atoms with van der Waals surface area (Å²) in [6.45, 7) is 48.6. The minimum Gasteiger partial charge on any atom is -0.462 e. The molecule has 3 amide bonds. The number of nitrogens with one attached hydrogen (secondary N) is 1. The summed E-state index contributed by atoms with van der Waals surface area (Å²) < 4.78 is 19.0. The van der Waals surface area contributed by atoms with Gasteiger partial charge in [-0.2, -0.15) is 62.0 Å². The van der Waals surface area contributed by atoms with Crippen molar-refractivity contribution in [1.82, 2.24) is 69.5 Å². The highest BCUT2D eigenvalue weighted by Crippen LogP contribution is 2.42. The van der Waals surface area contributed by atoms with Gasteiger partial charge in [-0.3, -0.25) is 29.3 Å². The lowest BCUT2D eigenvalue weighted by molar-refractivity contribution is -0.129. The minimum atomic E-state index is -0.224. The summed E-state index contributed by atoms with van der Waals surface area (Å²) >= 11 is 6.70. The molecule has 0 aliphatic carbocycles. The molecule has 0 saturated carbocycles. The molecule has 6 fully saturated rings. The van der Waals surface area contributed by atoms with Crippen molar-refractivity contribution in [3.8, 4) is 18.0 Å². The summed E-state index contributed by atoms with van der Waals surface area (Å²) in [6, 6.07) is 35.8. The standard InChI is InChI=1S/C34H41N7O2.C33H39N7O2.C27H33ClN8O2.2H2S/c1-5-32(42)41-19-18-39(21-27(41)20-35-4)33-29-15-17-38(31-14-8-11-25-10-6-7-13-28(25)31)22-30(29)36-34(37-33)43-23-26-12-9-16-40(26)24(2)3;1-5-30(41)40-19-18-39(21-25(40)20-34-3)31-27-14-17-38(29-13-8-11-24-10-6-7-12-26(24)29)22-28(27)35-32(36-31)42-23-33(2)15-9-16-37(33)4;1-3-24(37)34-11-13-35(14-12-34)26-19-8-10-36(25-20-15-29-32-22(20)7-6-21(25)28)16-23(19)30-27(31-26)38-17-18-5-4-9-33(18)2;;/h5-8,10-11,13-14,24,26-27H,1,9,12,15-23H2,2-3H3;5-8,10-13,25H,1,9,14-23H2,2,4H3;3,6-7,15,18H,1,4-5,8-14,16-17H2,2H3,(H,29,32);2*1H2/t26-,27?;25?,33-;18-;;/m000../s1. The molecule has 6 saturated heterocycles. The van der Waals surface area contributed by atoms with Crippen LogP contribution in [0.2, 0.25) is 5.02 Å². The van der Waals surface area contributed by atoms with Gasteiger partial charge in [-0.15, -0.1) is 0 Å². The number of aromatic amines is 1. The summed E-state index contributed by atoms with van der Waals surface area (Å²) in [5.41, 5.74) is 10.6. The molecule has 9 aliphatic heterocycles. The summed E-state index contributed by atoms with van der Waals surface area (Å²) in [7, 11) is 4.29. The lowest BCUT2D eigenvalue weighted by atomic mass is 10.0. The Bertz CT molecular complexity index is 5480. The van der Waals surface area contributed by atoms with E-state index in [4.69, 9.17) is 68.9 Å². The average molecular weight is 1750 g/mol. The Balaban J connectivity index is 0.000000151. The zero-order valence-corrected chi connectivity index (χ0v) is 75.4. The number of halogens is 1. The maximum atomic E-state index is 12.6. The average Bonchev–Trinajstić information content (AvgIpc) is 1.11. The van der Waals surface area contributed by atoms with Gasteiger partial charge in [0.2, 0.25) is 30.8 Å². The molecule has 0 spiro atoms. The van der Waals surface area contributed by atoms with Crippen LogP contribution in [0.3, 0.4) is 0 Å². The number of anilines is 6. The summed E-state index contributed by atoms with van der Waals surface area (Å²) in [5.74, 6) is 2.39. The maximum Gasteiger partial charge on any atom is 0.318 e. The number of likely N-dealkylation sites (N-methyl/N-ethyl adjacent to an activating group) is 2. The van der Waals surface area contributed by atoms with Gasteiger partial charge in [0.1, 0.15) is 49.4 Å². The van der Waals surface area contributed by atoms with E-state index in [1.165, 1.54) is 64.0 Å². The summed E-state index contributed by atoms with van der Waals surface area (Å²) in [4.78, 5) is 101. The first-order chi connectivity index (χ1) is 59.9. The topological polar surface area (TPSA) is 233 Å². The van der Waals surface area contributed by atoms with Crippen molar-refractivity contribution in [2.75, 3.05) is 181 Å². The molecule has 9 aliphatic rings. The lowest BCUT2D eigenvalue weighted by Crippen LogP contribution is -2.56. The number of amides is 3. The molecule has 5 atom stereocenters. The zero-order valence-electron chi connectivity index (χ0n) is 72.6. The molecule has 18 rings (SSSR count). The van der Waals surface area contributed by atoms with Crippen molar-refractivity contribution in [1.29, 1.82) is 0 Å². The number of hydrogen-bond donors (Lipinski definition) is 1. The van der Waals surface area contributed by atoms with E-state index in [1.807, 2.05) is 23.2 Å². The van der Waals surface area contributed by atoms with Crippen molar-refractivity contribution in [3.05, 3.63) is 203 Å². The minimum absolute atomic E-state index is 0. The summed E-state index contributed by atoms with van der Waals surface area (Å²) in [6.07, 6.45) is 15.1. The number of rotatable bonds is 21. The predicted molar refractivity (Wildman–Crippen MR) is 505 cm³/mol. The molecule has 0 radical (unpaired) electrons. The normalized spacial score (nSPS) is 20.9. The molecule has 31 heteroatoms. The molecular formula is C94H117ClN22O6S2. The van der Waals surface area contributed by atoms with Crippen molar-refractivity contribution < 1.29 is 28.6 Å². The van der Waals surface area contributed by atoms with Gasteiger partial charge < -0.3 is 72.9 Å². The number of piperazine rings is 3. The van der Waals surface area contributed by atoms with E-state index >= 15 is 0 Å². The van der Waals surface area contributed by atoms with Crippen LogP contribution in [0.15, 0.2) is 141 Å². The Kier molecular flexibility index (Phi) is 29.3. The quantitative estimate of drug-likeness (QED) is 0.0520. The molecule has 5 aromatic carbocycles. The van der Waals surface area contributed by atoms with Crippen LogP contribution < -0.4 is 43.6 Å². The molecular weight excluding hydrogens is 1630 g/mol. The van der Waals surface area contributed by atoms with Gasteiger partial charge in [-0.05, 0) is 166 Å². The highest BCUT2D eigenvalue weighted by molar-refractivity contribution is 7.59. The zero-order chi connectivity index (χ0) is 85.4. The first-order valence-corrected chi connectivity index (χ1v) is 44.0. The molecule has 28 nitrogen and oxygen atoms in total. The third-order valence-electron chi connectivity index (χ3n) is 26.5. The van der Waals surface area contributed by atoms with Crippen LogP contribution in [0.5, 0.6) is 18.0 Å². The van der Waals surface area contributed by atoms with Gasteiger partial charge in [-0.25, -0.2) is 13.1 Å². The highest BCUT2D eigenvalue weighted by atomic mass is 35.5. The largest absolute Gasteiger partial charge is 0.462 e. The first-order valence-electron chi connectivity index (χ1n) is 43.6. The second-order valence-corrected chi connectivity index (χ2v) is 34.6. The van der Waals surface area contributed by atoms with Crippen molar-refractivity contribution in [3.63, 3.8) is 0 Å². The highest BCUT2D eigenvalue weighted by Gasteiger charge is 2.41. The van der Waals surface area contributed by atoms with Gasteiger partial charge in [0.15, 0.2) is 0 Å². The molecule has 13 heterocycles. The van der Waals surface area contributed by atoms with Crippen LogP contribution in [0, 0.1) is 13.1 Å². The third-order valence-corrected chi connectivity index (χ3v) is 26.8. The molecule has 125 heavy (non-hydrogen) atoms. The fourth-order valence-corrected chi connectivity index (χ4v) is 19.8. The van der Waals surface area contributed by atoms with Crippen LogP contribution in [-0.2, 0) is 53.3 Å². The van der Waals surface area contributed by atoms with Crippen LogP contribution in [-0.4, -0.2) is 275 Å². The molecule has 9 aromatic rings. The Morgan fingerprint density at radius 1 is 0.528 bits per heavy atom. The van der Waals surface area contributed by atoms with E-state index in [2.05, 4.69) is 204 Å². The Hall–Kier alpha value is -11.0. The van der Waals surface area contributed by atoms with E-state index in [0.717, 1.165) is 152 Å². The van der Waals surface area contributed by atoms with Crippen LogP contribution in [0.1, 0.15) is 93.1 Å². The van der Waals surface area contributed by atoms with Gasteiger partial charge in [0, 0.05) is 147 Å². The Labute approximate surface area is 752 Å². The number of carbonyl (C=O) groups is 3. The number of hydrogen-bond acceptors (Lipinski definition) is 22. The Morgan fingerprint density at radius 3 is 1.51 bits per heavy atom. The van der Waals surface area contributed by atoms with E-state index in [1.54, 1.807) is 9.80 Å². The Morgan fingerprint density at radius 2 is 1.01 bits per heavy atom. The van der Waals surface area contributed by atoms with E-state index in [9.17, 15) is 14.4 Å². The number of aromatic nitrogens is 8. The van der Waals surface area contributed by atoms with Gasteiger partial charge in [0.05, 0.1) is 64.7 Å². The smallest absolute Gasteiger partial charge is 0.318 e. The lowest BCUT2D eigenvalue weighted by Gasteiger charge is -2.41. The van der Waals surface area contributed by atoms with E-state index in [0.29, 0.717) is 146 Å². The SMILES string of the molecule is C=CC(=O)N1CCN(c2nc(OC[C@@H]3CCCN3C)nc3c2CCN(c2c(Cl)ccc4[nH]ncc24)C3)CC1.S.S.[C-]#[N+]CC1CN(c2nc(OC[C@@H]3CCCN3C(C)C)nc3c2CCN(c2cccc4ccccc24)C3)CCN1C(=O)C=C.[C-]#[N+]CC1CN(c2nc(OC[C@]3(C)CCCN3C)nc3c2CCN(c2cccc4ccccc24)C3)CCN1C(=O)C=C. The predicted octanol–water partition coefficient (Wildman–Crippen LogP) is 11.8. The number of nitrogens with zero attached hydrogens (tertiary/aromatic N) is 21. The van der Waals surface area contributed by atoms with Crippen LogP contribution in [0.25, 0.3) is 42.1 Å². The van der Waals surface area contributed by atoms with Gasteiger partial charge >= 0.3 is 18.0 Å². The van der Waals surface area contributed by atoms with E-state index in [-0.39, 0.29) is 75.4 Å². The second kappa shape index (κ2) is 40.5. The summed E-state index contributed by atoms with van der Waals surface area (Å²) in [5, 5.41) is 13.9. The first kappa shape index (κ1) is 90.3. The monoisotopic (exact) mass is 1750 g/mol.